The summed E-state index contributed by atoms with van der Waals surface area (Å²) in [5, 5.41) is 11.2. The van der Waals surface area contributed by atoms with Crippen molar-refractivity contribution < 1.29 is 19.5 Å². The molecule has 6 nitrogen and oxygen atoms in total. The maximum absolute atomic E-state index is 12.7. The molecule has 1 fully saturated rings. The van der Waals surface area contributed by atoms with Crippen LogP contribution in [-0.4, -0.2) is 44.7 Å². The molecule has 0 aromatic heterocycles. The van der Waals surface area contributed by atoms with Crippen molar-refractivity contribution in [1.29, 1.82) is 0 Å². The number of nitrogens with one attached hydrogen (secondary N) is 1. The molecule has 3 rings (SSSR count). The molecule has 1 aliphatic rings. The molecule has 0 aliphatic carbocycles. The Hall–Kier alpha value is -2.97. The minimum absolute atomic E-state index is 0.120. The maximum Gasteiger partial charge on any atom is 0.325 e. The largest absolute Gasteiger partial charge is 0.480 e. The third kappa shape index (κ3) is 6.02. The van der Waals surface area contributed by atoms with Crippen LogP contribution in [0.4, 0.5) is 0 Å². The fourth-order valence-electron chi connectivity index (χ4n) is 3.02. The highest BCUT2D eigenvalue weighted by Gasteiger charge is 2.31. The van der Waals surface area contributed by atoms with Crippen LogP contribution in [0.15, 0.2) is 59.5 Å². The second-order valence-electron chi connectivity index (χ2n) is 7.05. The molecule has 0 bridgehead atoms. The van der Waals surface area contributed by atoms with Crippen molar-refractivity contribution >= 4 is 52.2 Å². The number of hydrogen-bond donors (Lipinski definition) is 2. The minimum atomic E-state index is -1.09. The summed E-state index contributed by atoms with van der Waals surface area (Å²) in [6, 6.07) is 17.0. The Morgan fingerprint density at radius 2 is 1.77 bits per heavy atom. The average molecular weight is 455 g/mol. The first-order chi connectivity index (χ1) is 14.8. The van der Waals surface area contributed by atoms with Gasteiger partial charge in [-0.2, -0.15) is 0 Å². The van der Waals surface area contributed by atoms with Crippen LogP contribution in [0, 0.1) is 0 Å². The summed E-state index contributed by atoms with van der Waals surface area (Å²) in [4.78, 5) is 37.3. The summed E-state index contributed by atoms with van der Waals surface area (Å²) in [5.41, 5.74) is 3.13. The van der Waals surface area contributed by atoms with E-state index in [1.807, 2.05) is 60.7 Å². The second kappa shape index (κ2) is 10.4. The SMILES string of the molecule is CC(NC(=O)CCCN1C(=O)/C(=C/c2ccc(-c3ccccc3)cc2)SC1=S)C(=O)O. The van der Waals surface area contributed by atoms with Gasteiger partial charge in [0.2, 0.25) is 5.91 Å². The van der Waals surface area contributed by atoms with Crippen LogP contribution in [0.2, 0.25) is 0 Å². The zero-order valence-corrected chi connectivity index (χ0v) is 18.5. The van der Waals surface area contributed by atoms with Gasteiger partial charge >= 0.3 is 5.97 Å². The van der Waals surface area contributed by atoms with Gasteiger partial charge in [0.15, 0.2) is 0 Å². The van der Waals surface area contributed by atoms with Crippen LogP contribution in [0.3, 0.4) is 0 Å². The first-order valence-electron chi connectivity index (χ1n) is 9.78. The van der Waals surface area contributed by atoms with Crippen LogP contribution >= 0.6 is 24.0 Å². The van der Waals surface area contributed by atoms with Crippen LogP contribution in [0.5, 0.6) is 0 Å². The van der Waals surface area contributed by atoms with E-state index in [1.165, 1.54) is 23.6 Å². The molecule has 160 valence electrons. The summed E-state index contributed by atoms with van der Waals surface area (Å²) >= 11 is 6.57. The Morgan fingerprint density at radius 1 is 1.13 bits per heavy atom. The lowest BCUT2D eigenvalue weighted by molar-refractivity contribution is -0.141. The third-order valence-corrected chi connectivity index (χ3v) is 6.10. The number of thioether (sulfide) groups is 1. The van der Waals surface area contributed by atoms with Gasteiger partial charge in [-0.05, 0) is 36.1 Å². The Kier molecular flexibility index (Phi) is 7.59. The standard InChI is InChI=1S/C23H22N2O4S2/c1-15(22(28)29)24-20(26)8-5-13-25-21(27)19(31-23(25)30)14-16-9-11-18(12-10-16)17-6-3-2-4-7-17/h2-4,6-7,9-12,14-15H,5,8,13H2,1H3,(H,24,26)(H,28,29)/b19-14-. The maximum atomic E-state index is 12.7. The van der Waals surface area contributed by atoms with Gasteiger partial charge in [-0.15, -0.1) is 0 Å². The first-order valence-corrected chi connectivity index (χ1v) is 11.0. The van der Waals surface area contributed by atoms with Crippen LogP contribution in [0.25, 0.3) is 17.2 Å². The van der Waals surface area contributed by atoms with E-state index >= 15 is 0 Å². The van der Waals surface area contributed by atoms with Gasteiger partial charge < -0.3 is 10.4 Å². The van der Waals surface area contributed by atoms with Crippen molar-refractivity contribution in [1.82, 2.24) is 10.2 Å². The molecule has 2 amide bonds. The number of amides is 2. The number of aliphatic carboxylic acids is 1. The molecule has 1 saturated heterocycles. The minimum Gasteiger partial charge on any atom is -0.480 e. The van der Waals surface area contributed by atoms with Crippen molar-refractivity contribution in [3.8, 4) is 11.1 Å². The Balaban J connectivity index is 1.57. The van der Waals surface area contributed by atoms with Gasteiger partial charge in [0.25, 0.3) is 5.91 Å². The quantitative estimate of drug-likeness (QED) is 0.464. The van der Waals surface area contributed by atoms with E-state index in [0.717, 1.165) is 16.7 Å². The number of nitrogens with zero attached hydrogens (tertiary/aromatic N) is 1. The van der Waals surface area contributed by atoms with Crippen LogP contribution in [0.1, 0.15) is 25.3 Å². The molecule has 2 aromatic rings. The highest BCUT2D eigenvalue weighted by molar-refractivity contribution is 8.26. The molecular weight excluding hydrogens is 432 g/mol. The van der Waals surface area contributed by atoms with Crippen molar-refractivity contribution in [2.45, 2.75) is 25.8 Å². The molecule has 0 radical (unpaired) electrons. The lowest BCUT2D eigenvalue weighted by Gasteiger charge is -2.14. The van der Waals surface area contributed by atoms with Gasteiger partial charge in [-0.1, -0.05) is 78.6 Å². The fraction of sp³-hybridized carbons (Fsp3) is 0.217. The normalized spacial score (nSPS) is 15.9. The summed E-state index contributed by atoms with van der Waals surface area (Å²) in [6.07, 6.45) is 2.33. The number of rotatable bonds is 8. The highest BCUT2D eigenvalue weighted by Crippen LogP contribution is 2.33. The Morgan fingerprint density at radius 3 is 2.42 bits per heavy atom. The van der Waals surface area contributed by atoms with E-state index in [0.29, 0.717) is 22.2 Å². The number of thiocarbonyl (C=S) groups is 1. The van der Waals surface area contributed by atoms with Crippen LogP contribution < -0.4 is 5.32 Å². The van der Waals surface area contributed by atoms with Gasteiger partial charge in [-0.25, -0.2) is 0 Å². The number of carboxylic acid groups (broad SMARTS) is 1. The number of hydrogen-bond acceptors (Lipinski definition) is 5. The Labute approximate surface area is 190 Å². The lowest BCUT2D eigenvalue weighted by Crippen LogP contribution is -2.38. The molecule has 2 N–H and O–H groups in total. The molecule has 0 spiro atoms. The molecule has 1 unspecified atom stereocenters. The average Bonchev–Trinajstić information content (AvgIpc) is 3.02. The first kappa shape index (κ1) is 22.7. The number of benzene rings is 2. The van der Waals surface area contributed by atoms with Gasteiger partial charge in [0, 0.05) is 13.0 Å². The molecular formula is C23H22N2O4S2. The van der Waals surface area contributed by atoms with Gasteiger partial charge in [0.1, 0.15) is 10.4 Å². The van der Waals surface area contributed by atoms with Crippen molar-refractivity contribution in [2.24, 2.45) is 0 Å². The summed E-state index contributed by atoms with van der Waals surface area (Å²) in [7, 11) is 0. The van der Waals surface area contributed by atoms with E-state index in [9.17, 15) is 14.4 Å². The third-order valence-electron chi connectivity index (χ3n) is 4.72. The lowest BCUT2D eigenvalue weighted by atomic mass is 10.0. The summed E-state index contributed by atoms with van der Waals surface area (Å²) in [5.74, 6) is -1.64. The second-order valence-corrected chi connectivity index (χ2v) is 8.73. The number of carbonyl (C=O) groups excluding carboxylic acids is 2. The molecule has 1 heterocycles. The monoisotopic (exact) mass is 454 g/mol. The van der Waals surface area contributed by atoms with Crippen molar-refractivity contribution in [3.63, 3.8) is 0 Å². The molecule has 1 aliphatic heterocycles. The summed E-state index contributed by atoms with van der Waals surface area (Å²) < 4.78 is 0.455. The van der Waals surface area contributed by atoms with E-state index in [1.54, 1.807) is 0 Å². The highest BCUT2D eigenvalue weighted by atomic mass is 32.2. The molecule has 31 heavy (non-hydrogen) atoms. The topological polar surface area (TPSA) is 86.7 Å². The van der Waals surface area contributed by atoms with E-state index < -0.39 is 12.0 Å². The van der Waals surface area contributed by atoms with E-state index in [2.05, 4.69) is 5.32 Å². The van der Waals surface area contributed by atoms with Crippen molar-refractivity contribution in [2.75, 3.05) is 6.54 Å². The molecule has 0 saturated carbocycles. The zero-order chi connectivity index (χ0) is 22.4. The fourth-order valence-corrected chi connectivity index (χ4v) is 4.33. The molecule has 2 aromatic carbocycles. The summed E-state index contributed by atoms with van der Waals surface area (Å²) in [6.45, 7) is 1.71. The molecule has 8 heteroatoms. The predicted octanol–water partition coefficient (Wildman–Crippen LogP) is 3.92. The predicted molar refractivity (Wildman–Crippen MR) is 126 cm³/mol. The Bertz CT molecular complexity index is 1020. The van der Waals surface area contributed by atoms with E-state index in [4.69, 9.17) is 17.3 Å². The zero-order valence-electron chi connectivity index (χ0n) is 16.9. The number of carbonyl (C=O) groups is 3. The number of carboxylic acids is 1. The van der Waals surface area contributed by atoms with Crippen LogP contribution in [-0.2, 0) is 14.4 Å². The molecule has 1 atom stereocenters. The van der Waals surface area contributed by atoms with E-state index in [-0.39, 0.29) is 18.2 Å². The smallest absolute Gasteiger partial charge is 0.325 e. The van der Waals surface area contributed by atoms with Crippen molar-refractivity contribution in [3.05, 3.63) is 65.1 Å². The van der Waals surface area contributed by atoms with Gasteiger partial charge in [0.05, 0.1) is 4.91 Å². The van der Waals surface area contributed by atoms with Gasteiger partial charge in [-0.3, -0.25) is 19.3 Å².